The highest BCUT2D eigenvalue weighted by Crippen LogP contribution is 2.29. The summed E-state index contributed by atoms with van der Waals surface area (Å²) >= 11 is 7.56. The molecule has 0 aliphatic carbocycles. The molecule has 1 aromatic heterocycles. The fourth-order valence-corrected chi connectivity index (χ4v) is 2.58. The van der Waals surface area contributed by atoms with Crippen molar-refractivity contribution < 1.29 is 5.11 Å². The van der Waals surface area contributed by atoms with Gasteiger partial charge < -0.3 is 5.11 Å². The summed E-state index contributed by atoms with van der Waals surface area (Å²) in [7, 11) is 0. The van der Waals surface area contributed by atoms with Gasteiger partial charge in [-0.3, -0.25) is 4.98 Å². The zero-order valence-corrected chi connectivity index (χ0v) is 10.7. The Kier molecular flexibility index (Phi) is 4.42. The second kappa shape index (κ2) is 6.05. The molecule has 2 rings (SSSR count). The predicted octanol–water partition coefficient (Wildman–Crippen LogP) is 3.56. The third-order valence-corrected chi connectivity index (χ3v) is 3.85. The van der Waals surface area contributed by atoms with Crippen LogP contribution in [0.4, 0.5) is 0 Å². The Morgan fingerprint density at radius 2 is 1.94 bits per heavy atom. The van der Waals surface area contributed by atoms with E-state index in [1.54, 1.807) is 6.20 Å². The Bertz CT molecular complexity index is 478. The van der Waals surface area contributed by atoms with Gasteiger partial charge in [-0.2, -0.15) is 0 Å². The number of rotatable bonds is 4. The lowest BCUT2D eigenvalue weighted by atomic mass is 10.2. The van der Waals surface area contributed by atoms with Crippen LogP contribution in [0.15, 0.2) is 53.6 Å². The van der Waals surface area contributed by atoms with Gasteiger partial charge >= 0.3 is 0 Å². The van der Waals surface area contributed by atoms with Crippen LogP contribution in [0.2, 0.25) is 5.02 Å². The molecule has 2 nitrogen and oxygen atoms in total. The van der Waals surface area contributed by atoms with E-state index in [-0.39, 0.29) is 0 Å². The SMILES string of the molecule is OC(CSc1ccccc1Cl)c1ccccn1. The fraction of sp³-hybridized carbons (Fsp3) is 0.154. The molecule has 0 saturated heterocycles. The van der Waals surface area contributed by atoms with Gasteiger partial charge in [0.15, 0.2) is 0 Å². The van der Waals surface area contributed by atoms with Crippen molar-refractivity contribution >= 4 is 23.4 Å². The number of benzene rings is 1. The molecule has 0 spiro atoms. The van der Waals surface area contributed by atoms with Crippen molar-refractivity contribution in [3.05, 3.63) is 59.4 Å². The third-order valence-electron chi connectivity index (χ3n) is 2.26. The average Bonchev–Trinajstić information content (AvgIpc) is 2.38. The van der Waals surface area contributed by atoms with Gasteiger partial charge in [-0.15, -0.1) is 11.8 Å². The molecule has 2 aromatic rings. The predicted molar refractivity (Wildman–Crippen MR) is 71.4 cm³/mol. The first-order valence-corrected chi connectivity index (χ1v) is 6.60. The second-order valence-corrected chi connectivity index (χ2v) is 4.98. The highest BCUT2D eigenvalue weighted by Gasteiger charge is 2.09. The zero-order valence-electron chi connectivity index (χ0n) is 9.08. The third kappa shape index (κ3) is 3.46. The van der Waals surface area contributed by atoms with Gasteiger partial charge in [0.2, 0.25) is 0 Å². The molecule has 0 aliphatic heterocycles. The monoisotopic (exact) mass is 265 g/mol. The number of halogens is 1. The van der Waals surface area contributed by atoms with E-state index >= 15 is 0 Å². The second-order valence-electron chi connectivity index (χ2n) is 3.51. The molecule has 0 bridgehead atoms. The van der Waals surface area contributed by atoms with Crippen LogP contribution in [0.25, 0.3) is 0 Å². The highest BCUT2D eigenvalue weighted by atomic mass is 35.5. The van der Waals surface area contributed by atoms with Crippen LogP contribution in [0.1, 0.15) is 11.8 Å². The van der Waals surface area contributed by atoms with Gasteiger partial charge in [-0.1, -0.05) is 29.8 Å². The van der Waals surface area contributed by atoms with Gasteiger partial charge in [0.25, 0.3) is 0 Å². The summed E-state index contributed by atoms with van der Waals surface area (Å²) in [6.45, 7) is 0. The number of aliphatic hydroxyl groups excluding tert-OH is 1. The zero-order chi connectivity index (χ0) is 12.1. The van der Waals surface area contributed by atoms with Crippen molar-refractivity contribution in [3.63, 3.8) is 0 Å². The normalized spacial score (nSPS) is 12.4. The average molecular weight is 266 g/mol. The van der Waals surface area contributed by atoms with Crippen LogP contribution in [-0.4, -0.2) is 15.8 Å². The Morgan fingerprint density at radius 3 is 2.65 bits per heavy atom. The van der Waals surface area contributed by atoms with Crippen LogP contribution in [0, 0.1) is 0 Å². The van der Waals surface area contributed by atoms with Crippen molar-refractivity contribution in [2.24, 2.45) is 0 Å². The number of nitrogens with zero attached hydrogens (tertiary/aromatic N) is 1. The maximum Gasteiger partial charge on any atom is 0.105 e. The van der Waals surface area contributed by atoms with Gasteiger partial charge in [0.1, 0.15) is 6.10 Å². The number of aromatic nitrogens is 1. The lowest BCUT2D eigenvalue weighted by Crippen LogP contribution is -2.02. The van der Waals surface area contributed by atoms with E-state index in [1.807, 2.05) is 42.5 Å². The standard InChI is InChI=1S/C13H12ClNOS/c14-10-5-1-2-7-13(10)17-9-12(16)11-6-3-4-8-15-11/h1-8,12,16H,9H2. The number of hydrogen-bond acceptors (Lipinski definition) is 3. The molecule has 1 heterocycles. The Hall–Kier alpha value is -1.03. The van der Waals surface area contributed by atoms with E-state index in [1.165, 1.54) is 11.8 Å². The van der Waals surface area contributed by atoms with Crippen LogP contribution < -0.4 is 0 Å². The lowest BCUT2D eigenvalue weighted by Gasteiger charge is -2.10. The maximum absolute atomic E-state index is 9.95. The molecule has 0 saturated carbocycles. The molecule has 88 valence electrons. The number of aliphatic hydroxyl groups is 1. The minimum Gasteiger partial charge on any atom is -0.386 e. The Labute approximate surface area is 110 Å². The fourth-order valence-electron chi connectivity index (χ4n) is 1.39. The van der Waals surface area contributed by atoms with Crippen molar-refractivity contribution in [2.45, 2.75) is 11.0 Å². The van der Waals surface area contributed by atoms with E-state index in [9.17, 15) is 5.11 Å². The van der Waals surface area contributed by atoms with Crippen LogP contribution in [-0.2, 0) is 0 Å². The molecule has 0 radical (unpaired) electrons. The van der Waals surface area contributed by atoms with Crippen LogP contribution >= 0.6 is 23.4 Å². The number of hydrogen-bond donors (Lipinski definition) is 1. The topological polar surface area (TPSA) is 33.1 Å². The van der Waals surface area contributed by atoms with E-state index in [0.29, 0.717) is 16.5 Å². The van der Waals surface area contributed by atoms with Gasteiger partial charge in [-0.25, -0.2) is 0 Å². The molecule has 0 aliphatic rings. The lowest BCUT2D eigenvalue weighted by molar-refractivity contribution is 0.199. The molecule has 0 fully saturated rings. The van der Waals surface area contributed by atoms with Crippen molar-refractivity contribution in [3.8, 4) is 0 Å². The first-order valence-electron chi connectivity index (χ1n) is 5.23. The number of pyridine rings is 1. The summed E-state index contributed by atoms with van der Waals surface area (Å²) in [6.07, 6.45) is 1.11. The minimum atomic E-state index is -0.572. The molecule has 1 unspecified atom stereocenters. The molecule has 1 aromatic carbocycles. The van der Waals surface area contributed by atoms with Crippen LogP contribution in [0.3, 0.4) is 0 Å². The molecule has 0 amide bonds. The van der Waals surface area contributed by atoms with E-state index in [2.05, 4.69) is 4.98 Å². The summed E-state index contributed by atoms with van der Waals surface area (Å²) in [4.78, 5) is 5.09. The van der Waals surface area contributed by atoms with Crippen molar-refractivity contribution in [1.29, 1.82) is 0 Å². The molecule has 4 heteroatoms. The minimum absolute atomic E-state index is 0.542. The summed E-state index contributed by atoms with van der Waals surface area (Å²) in [5, 5.41) is 10.7. The first kappa shape index (κ1) is 12.4. The largest absolute Gasteiger partial charge is 0.386 e. The maximum atomic E-state index is 9.95. The van der Waals surface area contributed by atoms with Gasteiger partial charge in [0.05, 0.1) is 10.7 Å². The smallest absolute Gasteiger partial charge is 0.105 e. The van der Waals surface area contributed by atoms with Gasteiger partial charge in [-0.05, 0) is 24.3 Å². The molecular formula is C13H12ClNOS. The molecule has 1 atom stereocenters. The Morgan fingerprint density at radius 1 is 1.18 bits per heavy atom. The molecule has 1 N–H and O–H groups in total. The van der Waals surface area contributed by atoms with E-state index < -0.39 is 6.10 Å². The quantitative estimate of drug-likeness (QED) is 0.858. The van der Waals surface area contributed by atoms with Crippen LogP contribution in [0.5, 0.6) is 0 Å². The molecule has 17 heavy (non-hydrogen) atoms. The first-order chi connectivity index (χ1) is 8.27. The molecular weight excluding hydrogens is 254 g/mol. The summed E-state index contributed by atoms with van der Waals surface area (Å²) < 4.78 is 0. The van der Waals surface area contributed by atoms with E-state index in [0.717, 1.165) is 4.90 Å². The summed E-state index contributed by atoms with van der Waals surface area (Å²) in [5.74, 6) is 0.542. The summed E-state index contributed by atoms with van der Waals surface area (Å²) in [5.41, 5.74) is 0.687. The Balaban J connectivity index is 1.97. The number of thioether (sulfide) groups is 1. The van der Waals surface area contributed by atoms with E-state index in [4.69, 9.17) is 11.6 Å². The van der Waals surface area contributed by atoms with Crippen molar-refractivity contribution in [2.75, 3.05) is 5.75 Å². The highest BCUT2D eigenvalue weighted by molar-refractivity contribution is 7.99. The van der Waals surface area contributed by atoms with Crippen molar-refractivity contribution in [1.82, 2.24) is 4.98 Å². The van der Waals surface area contributed by atoms with Gasteiger partial charge in [0, 0.05) is 16.8 Å². The summed E-state index contributed by atoms with van der Waals surface area (Å²) in [6, 6.07) is 13.1.